The van der Waals surface area contributed by atoms with Crippen LogP contribution in [0.4, 0.5) is 0 Å². The lowest BCUT2D eigenvalue weighted by molar-refractivity contribution is -0.117. The first-order chi connectivity index (χ1) is 14.0. The van der Waals surface area contributed by atoms with Crippen molar-refractivity contribution in [2.24, 2.45) is 0 Å². The third kappa shape index (κ3) is 6.04. The zero-order valence-electron chi connectivity index (χ0n) is 16.9. The molecule has 1 fully saturated rings. The normalized spacial score (nSPS) is 15.2. The summed E-state index contributed by atoms with van der Waals surface area (Å²) in [4.78, 5) is 27.6. The zero-order valence-corrected chi connectivity index (χ0v) is 16.9. The predicted octanol–water partition coefficient (Wildman–Crippen LogP) is 2.12. The number of hydrogen-bond donors (Lipinski definition) is 2. The quantitative estimate of drug-likeness (QED) is 0.699. The van der Waals surface area contributed by atoms with Crippen LogP contribution in [0.15, 0.2) is 46.7 Å². The fourth-order valence-electron chi connectivity index (χ4n) is 3.00. The lowest BCUT2D eigenvalue weighted by atomic mass is 10.1. The number of rotatable bonds is 7. The van der Waals surface area contributed by atoms with Gasteiger partial charge in [0.2, 0.25) is 0 Å². The average molecular weight is 397 g/mol. The predicted molar refractivity (Wildman–Crippen MR) is 110 cm³/mol. The van der Waals surface area contributed by atoms with Gasteiger partial charge in [-0.25, -0.2) is 0 Å². The number of nitrogens with one attached hydrogen (secondary N) is 2. The molecule has 0 spiro atoms. The number of nitrogens with zero attached hydrogens (tertiary/aromatic N) is 1. The Labute approximate surface area is 170 Å². The van der Waals surface area contributed by atoms with Gasteiger partial charge >= 0.3 is 0 Å². The Morgan fingerprint density at radius 1 is 1.14 bits per heavy atom. The third-order valence-corrected chi connectivity index (χ3v) is 4.91. The van der Waals surface area contributed by atoms with Crippen molar-refractivity contribution < 1.29 is 18.7 Å². The van der Waals surface area contributed by atoms with E-state index >= 15 is 0 Å². The minimum atomic E-state index is -0.355. The molecule has 7 heteroatoms. The van der Waals surface area contributed by atoms with Gasteiger partial charge < -0.3 is 19.8 Å². The van der Waals surface area contributed by atoms with Crippen molar-refractivity contribution in [3.05, 3.63) is 64.7 Å². The van der Waals surface area contributed by atoms with Gasteiger partial charge in [-0.15, -0.1) is 0 Å². The smallest absolute Gasteiger partial charge is 0.267 e. The van der Waals surface area contributed by atoms with Crippen molar-refractivity contribution in [2.75, 3.05) is 39.4 Å². The van der Waals surface area contributed by atoms with Crippen LogP contribution in [0.5, 0.6) is 0 Å². The van der Waals surface area contributed by atoms with E-state index in [-0.39, 0.29) is 17.5 Å². The SMILES string of the molecule is Cc1ccc(C(=O)N/C(=C/c2ccco2)C(=O)NCCN2CCOCC2)cc1C. The number of benzene rings is 1. The van der Waals surface area contributed by atoms with Gasteiger partial charge in [0.05, 0.1) is 19.5 Å². The second-order valence-electron chi connectivity index (χ2n) is 7.04. The van der Waals surface area contributed by atoms with E-state index in [0.717, 1.165) is 30.8 Å². The van der Waals surface area contributed by atoms with Gasteiger partial charge in [0.15, 0.2) is 0 Å². The van der Waals surface area contributed by atoms with Gasteiger partial charge in [0.1, 0.15) is 11.5 Å². The molecule has 0 atom stereocenters. The van der Waals surface area contributed by atoms with Gasteiger partial charge in [0, 0.05) is 37.8 Å². The van der Waals surface area contributed by atoms with Crippen LogP contribution in [0.25, 0.3) is 6.08 Å². The largest absolute Gasteiger partial charge is 0.465 e. The lowest BCUT2D eigenvalue weighted by Gasteiger charge is -2.26. The zero-order chi connectivity index (χ0) is 20.6. The average Bonchev–Trinajstić information content (AvgIpc) is 3.23. The van der Waals surface area contributed by atoms with E-state index in [1.807, 2.05) is 26.0 Å². The fourth-order valence-corrected chi connectivity index (χ4v) is 3.00. The molecule has 0 bridgehead atoms. The summed E-state index contributed by atoms with van der Waals surface area (Å²) in [5, 5.41) is 5.60. The number of aryl methyl sites for hydroxylation is 2. The number of hydrogen-bond acceptors (Lipinski definition) is 5. The Balaban J connectivity index is 1.66. The number of ether oxygens (including phenoxy) is 1. The van der Waals surface area contributed by atoms with Crippen LogP contribution in [-0.2, 0) is 9.53 Å². The van der Waals surface area contributed by atoms with E-state index in [2.05, 4.69) is 15.5 Å². The van der Waals surface area contributed by atoms with E-state index in [1.54, 1.807) is 18.2 Å². The molecule has 1 aliphatic heterocycles. The Hall–Kier alpha value is -2.90. The summed E-state index contributed by atoms with van der Waals surface area (Å²) in [7, 11) is 0. The van der Waals surface area contributed by atoms with Crippen molar-refractivity contribution in [1.29, 1.82) is 0 Å². The van der Waals surface area contributed by atoms with Crippen LogP contribution < -0.4 is 10.6 Å². The van der Waals surface area contributed by atoms with E-state index in [1.165, 1.54) is 12.3 Å². The van der Waals surface area contributed by atoms with E-state index in [9.17, 15) is 9.59 Å². The Bertz CT molecular complexity index is 868. The molecule has 2 amide bonds. The lowest BCUT2D eigenvalue weighted by Crippen LogP contribution is -2.42. The Morgan fingerprint density at radius 3 is 2.62 bits per heavy atom. The molecule has 0 unspecified atom stereocenters. The molecule has 3 rings (SSSR count). The van der Waals surface area contributed by atoms with E-state index in [0.29, 0.717) is 31.1 Å². The number of furan rings is 1. The van der Waals surface area contributed by atoms with Gasteiger partial charge in [-0.3, -0.25) is 14.5 Å². The Kier molecular flexibility index (Phi) is 7.21. The third-order valence-electron chi connectivity index (χ3n) is 4.91. The molecule has 0 radical (unpaired) electrons. The van der Waals surface area contributed by atoms with Crippen molar-refractivity contribution in [1.82, 2.24) is 15.5 Å². The second-order valence-corrected chi connectivity index (χ2v) is 7.04. The monoisotopic (exact) mass is 397 g/mol. The second kappa shape index (κ2) is 10.0. The molecule has 154 valence electrons. The first-order valence-corrected chi connectivity index (χ1v) is 9.75. The molecular weight excluding hydrogens is 370 g/mol. The van der Waals surface area contributed by atoms with Gasteiger partial charge in [-0.1, -0.05) is 6.07 Å². The number of morpholine rings is 1. The molecule has 1 aromatic carbocycles. The number of carbonyl (C=O) groups excluding carboxylic acids is 2. The highest BCUT2D eigenvalue weighted by Gasteiger charge is 2.16. The molecule has 29 heavy (non-hydrogen) atoms. The topological polar surface area (TPSA) is 83.8 Å². The van der Waals surface area contributed by atoms with Crippen LogP contribution >= 0.6 is 0 Å². The summed E-state index contributed by atoms with van der Waals surface area (Å²) in [6, 6.07) is 8.90. The van der Waals surface area contributed by atoms with Crippen LogP contribution in [0, 0.1) is 13.8 Å². The van der Waals surface area contributed by atoms with Gasteiger partial charge in [-0.05, 0) is 49.2 Å². The van der Waals surface area contributed by atoms with E-state index < -0.39 is 0 Å². The first kappa shape index (κ1) is 20.8. The molecule has 2 aromatic rings. The molecule has 1 aliphatic rings. The summed E-state index contributed by atoms with van der Waals surface area (Å²) in [5.41, 5.74) is 2.77. The minimum absolute atomic E-state index is 0.144. The summed E-state index contributed by atoms with van der Waals surface area (Å²) in [6.45, 7) is 8.28. The molecule has 1 saturated heterocycles. The molecule has 1 aromatic heterocycles. The van der Waals surface area contributed by atoms with Crippen molar-refractivity contribution in [3.63, 3.8) is 0 Å². The van der Waals surface area contributed by atoms with Crippen molar-refractivity contribution in [3.8, 4) is 0 Å². The molecule has 7 nitrogen and oxygen atoms in total. The molecular formula is C22H27N3O4. The molecule has 0 aliphatic carbocycles. The van der Waals surface area contributed by atoms with Crippen LogP contribution in [0.1, 0.15) is 27.2 Å². The van der Waals surface area contributed by atoms with Crippen LogP contribution in [0.2, 0.25) is 0 Å². The number of carbonyl (C=O) groups is 2. The van der Waals surface area contributed by atoms with Crippen molar-refractivity contribution >= 4 is 17.9 Å². The number of amides is 2. The maximum Gasteiger partial charge on any atom is 0.267 e. The summed E-state index contributed by atoms with van der Waals surface area (Å²) in [5.74, 6) is -0.204. The maximum atomic E-state index is 12.7. The summed E-state index contributed by atoms with van der Waals surface area (Å²) < 4.78 is 10.6. The van der Waals surface area contributed by atoms with Crippen LogP contribution in [-0.4, -0.2) is 56.1 Å². The fraction of sp³-hybridized carbons (Fsp3) is 0.364. The molecule has 2 N–H and O–H groups in total. The highest BCUT2D eigenvalue weighted by Crippen LogP contribution is 2.11. The van der Waals surface area contributed by atoms with Gasteiger partial charge in [-0.2, -0.15) is 0 Å². The van der Waals surface area contributed by atoms with Crippen molar-refractivity contribution in [2.45, 2.75) is 13.8 Å². The summed E-state index contributed by atoms with van der Waals surface area (Å²) >= 11 is 0. The first-order valence-electron chi connectivity index (χ1n) is 9.75. The Morgan fingerprint density at radius 2 is 1.93 bits per heavy atom. The van der Waals surface area contributed by atoms with Gasteiger partial charge in [0.25, 0.3) is 11.8 Å². The molecule has 2 heterocycles. The molecule has 0 saturated carbocycles. The highest BCUT2D eigenvalue weighted by atomic mass is 16.5. The minimum Gasteiger partial charge on any atom is -0.465 e. The van der Waals surface area contributed by atoms with Crippen LogP contribution in [0.3, 0.4) is 0 Å². The highest BCUT2D eigenvalue weighted by molar-refractivity contribution is 6.05. The standard InChI is InChI=1S/C22H27N3O4/c1-16-5-6-18(14-17(16)2)21(26)24-20(15-19-4-3-11-29-19)22(27)23-7-8-25-9-12-28-13-10-25/h3-6,11,14-15H,7-10,12-13H2,1-2H3,(H,23,27)(H,24,26)/b20-15+. The summed E-state index contributed by atoms with van der Waals surface area (Å²) in [6.07, 6.45) is 3.05. The maximum absolute atomic E-state index is 12.7. The van der Waals surface area contributed by atoms with E-state index in [4.69, 9.17) is 9.15 Å².